The maximum atomic E-state index is 9.25. The molecule has 0 fully saturated rings. The largest absolute Gasteiger partial charge is 0.497 e. The molecule has 0 aliphatic carbocycles. The second-order valence-electron chi connectivity index (χ2n) is 5.32. The van der Waals surface area contributed by atoms with Crippen molar-refractivity contribution in [2.45, 2.75) is 26.7 Å². The van der Waals surface area contributed by atoms with Crippen LogP contribution in [-0.2, 0) is 0 Å². The lowest BCUT2D eigenvalue weighted by Crippen LogP contribution is -1.92. The summed E-state index contributed by atoms with van der Waals surface area (Å²) in [7, 11) is 3.25. The molecule has 0 aliphatic rings. The average Bonchev–Trinajstić information content (AvgIpc) is 3.12. The van der Waals surface area contributed by atoms with Crippen molar-refractivity contribution in [3.8, 4) is 28.9 Å². The molecule has 0 saturated carbocycles. The molecule has 0 spiro atoms. The quantitative estimate of drug-likeness (QED) is 0.606. The van der Waals surface area contributed by atoms with Gasteiger partial charge >= 0.3 is 0 Å². The van der Waals surface area contributed by atoms with Crippen LogP contribution in [0.25, 0.3) is 22.3 Å². The van der Waals surface area contributed by atoms with Gasteiger partial charge in [0.25, 0.3) is 0 Å². The lowest BCUT2D eigenvalue weighted by atomic mass is 10.0. The van der Waals surface area contributed by atoms with E-state index < -0.39 is 0 Å². The van der Waals surface area contributed by atoms with Crippen LogP contribution in [0.1, 0.15) is 32.3 Å². The van der Waals surface area contributed by atoms with E-state index in [1.54, 1.807) is 14.2 Å². The first kappa shape index (κ1) is 18.4. The number of hydrogen-bond donors (Lipinski definition) is 0. The maximum Gasteiger partial charge on any atom is 0.139 e. The number of benzene rings is 2. The Kier molecular flexibility index (Phi) is 6.08. The van der Waals surface area contributed by atoms with Crippen LogP contribution in [0.3, 0.4) is 0 Å². The minimum absolute atomic E-state index is 0.275. The minimum atomic E-state index is -0.275. The van der Waals surface area contributed by atoms with Gasteiger partial charge in [0.15, 0.2) is 0 Å². The maximum absolute atomic E-state index is 9.25. The predicted octanol–water partition coefficient (Wildman–Crippen LogP) is 5.77. The van der Waals surface area contributed by atoms with Crippen molar-refractivity contribution >= 4 is 11.0 Å². The van der Waals surface area contributed by atoms with Crippen molar-refractivity contribution in [3.63, 3.8) is 0 Å². The van der Waals surface area contributed by atoms with Gasteiger partial charge in [-0.15, -0.1) is 0 Å². The first-order chi connectivity index (χ1) is 12.2. The Bertz CT molecular complexity index is 873. The first-order valence-corrected chi connectivity index (χ1v) is 8.31. The van der Waals surface area contributed by atoms with E-state index in [2.05, 4.69) is 6.07 Å². The second kappa shape index (κ2) is 8.25. The number of rotatable bonds is 4. The van der Waals surface area contributed by atoms with Crippen molar-refractivity contribution in [1.82, 2.24) is 0 Å². The molecule has 1 aromatic heterocycles. The van der Waals surface area contributed by atoms with E-state index in [1.165, 1.54) is 0 Å². The summed E-state index contributed by atoms with van der Waals surface area (Å²) in [6, 6.07) is 15.7. The van der Waals surface area contributed by atoms with Crippen molar-refractivity contribution in [2.24, 2.45) is 0 Å². The van der Waals surface area contributed by atoms with Gasteiger partial charge in [-0.05, 0) is 49.4 Å². The van der Waals surface area contributed by atoms with Gasteiger partial charge in [-0.2, -0.15) is 5.26 Å². The topological polar surface area (TPSA) is 55.4 Å². The van der Waals surface area contributed by atoms with Crippen LogP contribution in [0.5, 0.6) is 11.5 Å². The van der Waals surface area contributed by atoms with E-state index in [4.69, 9.17) is 13.9 Å². The van der Waals surface area contributed by atoms with Crippen LogP contribution >= 0.6 is 0 Å². The summed E-state index contributed by atoms with van der Waals surface area (Å²) < 4.78 is 16.5. The molecular weight excluding hydrogens is 314 g/mol. The zero-order valence-electron chi connectivity index (χ0n) is 15.3. The van der Waals surface area contributed by atoms with Crippen molar-refractivity contribution < 1.29 is 13.9 Å². The number of furan rings is 1. The van der Waals surface area contributed by atoms with Crippen LogP contribution in [0, 0.1) is 11.3 Å². The molecule has 2 aromatic carbocycles. The molecule has 3 aromatic rings. The summed E-state index contributed by atoms with van der Waals surface area (Å²) in [6.45, 7) is 5.85. The molecule has 4 heteroatoms. The Morgan fingerprint density at radius 1 is 0.960 bits per heavy atom. The van der Waals surface area contributed by atoms with Gasteiger partial charge in [0.1, 0.15) is 22.8 Å². The van der Waals surface area contributed by atoms with Crippen molar-refractivity contribution in [1.29, 1.82) is 5.26 Å². The Labute approximate surface area is 148 Å². The molecule has 0 amide bonds. The van der Waals surface area contributed by atoms with Gasteiger partial charge < -0.3 is 13.9 Å². The summed E-state index contributed by atoms with van der Waals surface area (Å²) in [6.07, 6.45) is 0. The molecule has 3 rings (SSSR count). The number of hydrogen-bond acceptors (Lipinski definition) is 4. The Morgan fingerprint density at radius 3 is 2.16 bits per heavy atom. The van der Waals surface area contributed by atoms with E-state index in [9.17, 15) is 5.26 Å². The predicted molar refractivity (Wildman–Crippen MR) is 100 cm³/mol. The van der Waals surface area contributed by atoms with Crippen LogP contribution in [-0.4, -0.2) is 14.2 Å². The van der Waals surface area contributed by atoms with Gasteiger partial charge in [0.05, 0.1) is 26.2 Å². The highest BCUT2D eigenvalue weighted by Crippen LogP contribution is 2.36. The smallest absolute Gasteiger partial charge is 0.139 e. The highest BCUT2D eigenvalue weighted by atomic mass is 16.5. The molecule has 0 radical (unpaired) electrons. The van der Waals surface area contributed by atoms with Gasteiger partial charge in [-0.1, -0.05) is 13.8 Å². The van der Waals surface area contributed by atoms with Crippen LogP contribution in [0.15, 0.2) is 46.9 Å². The number of nitriles is 1. The molecule has 0 saturated heterocycles. The van der Waals surface area contributed by atoms with Crippen molar-refractivity contribution in [3.05, 3.63) is 48.0 Å². The molecular formula is C21H23NO3. The van der Waals surface area contributed by atoms with Crippen LogP contribution < -0.4 is 9.47 Å². The lowest BCUT2D eigenvalue weighted by Gasteiger charge is -2.07. The molecule has 25 heavy (non-hydrogen) atoms. The van der Waals surface area contributed by atoms with E-state index in [0.717, 1.165) is 39.4 Å². The van der Waals surface area contributed by atoms with Gasteiger partial charge in [-0.3, -0.25) is 0 Å². The summed E-state index contributed by atoms with van der Waals surface area (Å²) in [5.41, 5.74) is 2.52. The fourth-order valence-corrected chi connectivity index (χ4v) is 2.56. The zero-order valence-corrected chi connectivity index (χ0v) is 15.3. The highest BCUT2D eigenvalue weighted by molar-refractivity contribution is 5.87. The normalized spacial score (nSPS) is 11.2. The third-order valence-corrected chi connectivity index (χ3v) is 3.89. The number of methoxy groups -OCH3 is 2. The SMILES string of the molecule is CC.COc1ccc(-c2cc3cc(OC)cc(C(C)C#N)c3o2)cc1. The third kappa shape index (κ3) is 3.77. The van der Waals surface area contributed by atoms with Crippen LogP contribution in [0.2, 0.25) is 0 Å². The van der Waals surface area contributed by atoms with Crippen LogP contribution in [0.4, 0.5) is 0 Å². The van der Waals surface area contributed by atoms with Crippen molar-refractivity contribution in [2.75, 3.05) is 14.2 Å². The molecule has 1 heterocycles. The number of fused-ring (bicyclic) bond motifs is 1. The summed E-state index contributed by atoms with van der Waals surface area (Å²) in [4.78, 5) is 0. The van der Waals surface area contributed by atoms with Gasteiger partial charge in [-0.25, -0.2) is 0 Å². The molecule has 1 unspecified atom stereocenters. The minimum Gasteiger partial charge on any atom is -0.497 e. The summed E-state index contributed by atoms with van der Waals surface area (Å²) in [5, 5.41) is 10.2. The monoisotopic (exact) mass is 337 g/mol. The van der Waals surface area contributed by atoms with E-state index in [-0.39, 0.29) is 5.92 Å². The second-order valence-corrected chi connectivity index (χ2v) is 5.32. The molecule has 4 nitrogen and oxygen atoms in total. The average molecular weight is 337 g/mol. The third-order valence-electron chi connectivity index (χ3n) is 3.89. The summed E-state index contributed by atoms with van der Waals surface area (Å²) in [5.74, 6) is 1.99. The zero-order chi connectivity index (χ0) is 18.4. The van der Waals surface area contributed by atoms with E-state index in [0.29, 0.717) is 0 Å². The molecule has 1 atom stereocenters. The fraction of sp³-hybridized carbons (Fsp3) is 0.286. The number of nitrogens with zero attached hydrogens (tertiary/aromatic N) is 1. The molecule has 0 aliphatic heterocycles. The Morgan fingerprint density at radius 2 is 1.60 bits per heavy atom. The lowest BCUT2D eigenvalue weighted by molar-refractivity contribution is 0.414. The molecule has 0 bridgehead atoms. The molecule has 130 valence electrons. The Hall–Kier alpha value is -2.93. The Balaban J connectivity index is 0.00000109. The molecule has 0 N–H and O–H groups in total. The fourth-order valence-electron chi connectivity index (χ4n) is 2.56. The van der Waals surface area contributed by atoms with E-state index in [1.807, 2.05) is 63.2 Å². The standard InChI is InChI=1S/C19H17NO3.C2H6/c1-12(11-20)17-10-16(22-3)8-14-9-18(23-19(14)17)13-4-6-15(21-2)7-5-13;1-2/h4-10,12H,1-3H3;1-2H3. The van der Waals surface area contributed by atoms with E-state index >= 15 is 0 Å². The first-order valence-electron chi connectivity index (χ1n) is 8.31. The van der Waals surface area contributed by atoms with Gasteiger partial charge in [0, 0.05) is 16.5 Å². The summed E-state index contributed by atoms with van der Waals surface area (Å²) >= 11 is 0. The number of ether oxygens (including phenoxy) is 2. The highest BCUT2D eigenvalue weighted by Gasteiger charge is 2.16. The van der Waals surface area contributed by atoms with Gasteiger partial charge in [0.2, 0.25) is 0 Å².